The molecule has 0 saturated carbocycles. The van der Waals surface area contributed by atoms with Gasteiger partial charge in [-0.3, -0.25) is 10.1 Å². The lowest BCUT2D eigenvalue weighted by Crippen LogP contribution is -1.98. The van der Waals surface area contributed by atoms with Crippen LogP contribution in [-0.2, 0) is 0 Å². The molecule has 20 heavy (non-hydrogen) atoms. The number of hydrogen-bond donors (Lipinski definition) is 0. The van der Waals surface area contributed by atoms with Crippen molar-refractivity contribution in [1.82, 2.24) is 9.97 Å². The van der Waals surface area contributed by atoms with Gasteiger partial charge in [0.15, 0.2) is 0 Å². The molecule has 0 bridgehead atoms. The van der Waals surface area contributed by atoms with Crippen LogP contribution in [0.4, 0.5) is 10.1 Å². The monoisotopic (exact) mass is 297 g/mol. The van der Waals surface area contributed by atoms with E-state index in [1.807, 2.05) is 0 Å². The van der Waals surface area contributed by atoms with Crippen LogP contribution in [0.1, 0.15) is 11.1 Å². The Balaban J connectivity index is 2.42. The van der Waals surface area contributed by atoms with Crippen LogP contribution in [0.25, 0.3) is 0 Å². The molecule has 1 aromatic carbocycles. The highest BCUT2D eigenvalue weighted by molar-refractivity contribution is 6.28. The zero-order valence-corrected chi connectivity index (χ0v) is 11.3. The maximum Gasteiger partial charge on any atom is 0.272 e. The van der Waals surface area contributed by atoms with Gasteiger partial charge in [-0.15, -0.1) is 0 Å². The van der Waals surface area contributed by atoms with Crippen LogP contribution in [0.3, 0.4) is 0 Å². The standard InChI is InChI=1S/C12H9ClFN3O3/c1-6-4-10(7(2)3-9(6)17(18)19)20-11-8(14)5-15-12(13)16-11/h3-5H,1-2H3. The molecule has 2 rings (SSSR count). The van der Waals surface area contributed by atoms with Crippen LogP contribution in [-0.4, -0.2) is 14.9 Å². The van der Waals surface area contributed by atoms with Gasteiger partial charge in [0.1, 0.15) is 5.75 Å². The minimum Gasteiger partial charge on any atom is -0.436 e. The summed E-state index contributed by atoms with van der Waals surface area (Å²) in [5, 5.41) is 10.7. The van der Waals surface area contributed by atoms with Crippen molar-refractivity contribution in [2.24, 2.45) is 0 Å². The van der Waals surface area contributed by atoms with Gasteiger partial charge >= 0.3 is 0 Å². The summed E-state index contributed by atoms with van der Waals surface area (Å²) < 4.78 is 18.8. The Morgan fingerprint density at radius 1 is 1.35 bits per heavy atom. The third kappa shape index (κ3) is 2.83. The van der Waals surface area contributed by atoms with Crippen molar-refractivity contribution >= 4 is 17.3 Å². The molecule has 0 spiro atoms. The number of hydrogen-bond acceptors (Lipinski definition) is 5. The van der Waals surface area contributed by atoms with Crippen molar-refractivity contribution < 1.29 is 14.1 Å². The Bertz CT molecular complexity index is 694. The molecule has 1 heterocycles. The van der Waals surface area contributed by atoms with Gasteiger partial charge in [0, 0.05) is 11.6 Å². The Morgan fingerprint density at radius 3 is 2.70 bits per heavy atom. The van der Waals surface area contributed by atoms with E-state index in [-0.39, 0.29) is 22.6 Å². The largest absolute Gasteiger partial charge is 0.436 e. The van der Waals surface area contributed by atoms with E-state index in [1.165, 1.54) is 12.1 Å². The van der Waals surface area contributed by atoms with E-state index in [1.54, 1.807) is 13.8 Å². The summed E-state index contributed by atoms with van der Waals surface area (Å²) in [5.41, 5.74) is 0.851. The molecule has 0 aliphatic heterocycles. The summed E-state index contributed by atoms with van der Waals surface area (Å²) >= 11 is 5.56. The number of nitro groups is 1. The fourth-order valence-electron chi connectivity index (χ4n) is 1.59. The van der Waals surface area contributed by atoms with E-state index in [0.717, 1.165) is 6.20 Å². The molecule has 0 aliphatic carbocycles. The Hall–Kier alpha value is -2.28. The first-order chi connectivity index (χ1) is 9.38. The molecule has 0 radical (unpaired) electrons. The molecular formula is C12H9ClFN3O3. The zero-order chi connectivity index (χ0) is 14.9. The number of aryl methyl sites for hydroxylation is 2. The Labute approximate surface area is 118 Å². The number of nitrogens with zero attached hydrogens (tertiary/aromatic N) is 3. The lowest BCUT2D eigenvalue weighted by Gasteiger charge is -2.09. The fraction of sp³-hybridized carbons (Fsp3) is 0.167. The van der Waals surface area contributed by atoms with Crippen molar-refractivity contribution in [2.75, 3.05) is 0 Å². The summed E-state index contributed by atoms with van der Waals surface area (Å²) in [5.74, 6) is -0.840. The normalized spacial score (nSPS) is 10.4. The maximum atomic E-state index is 13.5. The Kier molecular flexibility index (Phi) is 3.80. The van der Waals surface area contributed by atoms with Crippen LogP contribution in [0.2, 0.25) is 5.28 Å². The van der Waals surface area contributed by atoms with Crippen molar-refractivity contribution in [1.29, 1.82) is 0 Å². The molecule has 1 aromatic heterocycles. The highest BCUT2D eigenvalue weighted by Crippen LogP contribution is 2.31. The summed E-state index contributed by atoms with van der Waals surface area (Å²) in [4.78, 5) is 17.4. The molecule has 104 valence electrons. The molecule has 0 atom stereocenters. The zero-order valence-electron chi connectivity index (χ0n) is 10.6. The number of ether oxygens (including phenoxy) is 1. The second-order valence-electron chi connectivity index (χ2n) is 4.06. The van der Waals surface area contributed by atoms with Gasteiger partial charge in [-0.05, 0) is 37.1 Å². The first kappa shape index (κ1) is 14.1. The summed E-state index contributed by atoms with van der Waals surface area (Å²) in [6.45, 7) is 3.18. The number of benzene rings is 1. The van der Waals surface area contributed by atoms with E-state index >= 15 is 0 Å². The topological polar surface area (TPSA) is 78.2 Å². The molecule has 8 heteroatoms. The second kappa shape index (κ2) is 5.38. The van der Waals surface area contributed by atoms with Crippen LogP contribution < -0.4 is 4.74 Å². The lowest BCUT2D eigenvalue weighted by atomic mass is 10.1. The SMILES string of the molecule is Cc1cc([N+](=O)[O-])c(C)cc1Oc1nc(Cl)ncc1F. The molecule has 0 aliphatic rings. The quantitative estimate of drug-likeness (QED) is 0.491. The van der Waals surface area contributed by atoms with Gasteiger partial charge in [0.25, 0.3) is 11.6 Å². The van der Waals surface area contributed by atoms with Crippen molar-refractivity contribution in [3.63, 3.8) is 0 Å². The predicted octanol–water partition coefficient (Wildman–Crippen LogP) is 3.59. The average molecular weight is 298 g/mol. The molecule has 2 aromatic rings. The first-order valence-corrected chi connectivity index (χ1v) is 5.88. The Morgan fingerprint density at radius 2 is 2.05 bits per heavy atom. The van der Waals surface area contributed by atoms with Gasteiger partial charge in [-0.1, -0.05) is 0 Å². The van der Waals surface area contributed by atoms with E-state index in [0.29, 0.717) is 11.1 Å². The van der Waals surface area contributed by atoms with Crippen LogP contribution in [0, 0.1) is 29.8 Å². The third-order valence-electron chi connectivity index (χ3n) is 2.58. The lowest BCUT2D eigenvalue weighted by molar-refractivity contribution is -0.385. The average Bonchev–Trinajstić information content (AvgIpc) is 2.37. The van der Waals surface area contributed by atoms with E-state index in [4.69, 9.17) is 16.3 Å². The highest BCUT2D eigenvalue weighted by atomic mass is 35.5. The summed E-state index contributed by atoms with van der Waals surface area (Å²) in [6.07, 6.45) is 0.887. The minimum atomic E-state index is -0.773. The van der Waals surface area contributed by atoms with E-state index in [9.17, 15) is 14.5 Å². The molecule has 6 nitrogen and oxygen atoms in total. The summed E-state index contributed by atoms with van der Waals surface area (Å²) in [6, 6.07) is 2.80. The van der Waals surface area contributed by atoms with E-state index < -0.39 is 10.7 Å². The highest BCUT2D eigenvalue weighted by Gasteiger charge is 2.16. The molecule has 0 fully saturated rings. The second-order valence-corrected chi connectivity index (χ2v) is 4.39. The van der Waals surface area contributed by atoms with Gasteiger partial charge in [0.05, 0.1) is 11.1 Å². The predicted molar refractivity (Wildman–Crippen MR) is 69.6 cm³/mol. The summed E-state index contributed by atoms with van der Waals surface area (Å²) in [7, 11) is 0. The van der Waals surface area contributed by atoms with E-state index in [2.05, 4.69) is 9.97 Å². The van der Waals surface area contributed by atoms with Gasteiger partial charge in [0.2, 0.25) is 11.1 Å². The number of nitro benzene ring substituents is 1. The van der Waals surface area contributed by atoms with Crippen molar-refractivity contribution in [3.05, 3.63) is 50.7 Å². The first-order valence-electron chi connectivity index (χ1n) is 5.50. The maximum absolute atomic E-state index is 13.5. The number of rotatable bonds is 3. The molecule has 0 N–H and O–H groups in total. The fourth-order valence-corrected chi connectivity index (χ4v) is 1.71. The molecular weight excluding hydrogens is 289 g/mol. The van der Waals surface area contributed by atoms with Gasteiger partial charge < -0.3 is 4.74 Å². The van der Waals surface area contributed by atoms with Crippen LogP contribution >= 0.6 is 11.6 Å². The smallest absolute Gasteiger partial charge is 0.272 e. The van der Waals surface area contributed by atoms with Crippen LogP contribution in [0.5, 0.6) is 11.6 Å². The van der Waals surface area contributed by atoms with Crippen molar-refractivity contribution in [3.8, 4) is 11.6 Å². The van der Waals surface area contributed by atoms with Gasteiger partial charge in [-0.25, -0.2) is 4.98 Å². The molecule has 0 saturated heterocycles. The van der Waals surface area contributed by atoms with Crippen molar-refractivity contribution in [2.45, 2.75) is 13.8 Å². The van der Waals surface area contributed by atoms with Crippen LogP contribution in [0.15, 0.2) is 18.3 Å². The minimum absolute atomic E-state index is 0.0314. The third-order valence-corrected chi connectivity index (χ3v) is 2.76. The molecule has 0 unspecified atom stereocenters. The number of aromatic nitrogens is 2. The number of halogens is 2. The van der Waals surface area contributed by atoms with Gasteiger partial charge in [-0.2, -0.15) is 9.37 Å². The molecule has 0 amide bonds.